The summed E-state index contributed by atoms with van der Waals surface area (Å²) in [6.45, 7) is 8.60. The van der Waals surface area contributed by atoms with Gasteiger partial charge in [0.25, 0.3) is 5.91 Å². The number of nitrogens with one attached hydrogen (secondary N) is 4. The van der Waals surface area contributed by atoms with E-state index in [-0.39, 0.29) is 29.2 Å². The molecule has 1 aliphatic rings. The second kappa shape index (κ2) is 10.0. The smallest absolute Gasteiger partial charge is 0.268 e. The molecule has 180 valence electrons. The molecule has 0 spiro atoms. The highest BCUT2D eigenvalue weighted by atomic mass is 35.5. The molecule has 3 rings (SSSR count). The number of rotatable bonds is 8. The zero-order valence-electron chi connectivity index (χ0n) is 19.8. The quantitative estimate of drug-likeness (QED) is 0.467. The first-order valence-corrected chi connectivity index (χ1v) is 11.6. The van der Waals surface area contributed by atoms with Crippen molar-refractivity contribution in [3.05, 3.63) is 28.9 Å². The van der Waals surface area contributed by atoms with Gasteiger partial charge in [0.05, 0.1) is 17.6 Å². The molecule has 2 aromatic rings. The number of aromatic amines is 1. The van der Waals surface area contributed by atoms with E-state index in [4.69, 9.17) is 16.3 Å². The summed E-state index contributed by atoms with van der Waals surface area (Å²) in [6.07, 6.45) is 1.79. The SMILES string of the molecule is COc1cc(Cl)c2[nH]c(C(=O)N[C@@H](CC(C)(C)C)C(=O)N[C@H](C)C[C@@H]3CCNC3=O)cc2c1. The summed E-state index contributed by atoms with van der Waals surface area (Å²) in [4.78, 5) is 41.0. The van der Waals surface area contributed by atoms with Crippen LogP contribution in [-0.2, 0) is 9.59 Å². The molecule has 0 radical (unpaired) electrons. The number of fused-ring (bicyclic) bond motifs is 1. The standard InChI is InChI=1S/C24H33ClN4O4/c1-13(8-14-6-7-26-21(14)30)27-23(32)19(12-24(2,3)4)29-22(31)18-10-15-9-16(33-5)11-17(25)20(15)28-18/h9-11,13-14,19,28H,6-8,12H2,1-5H3,(H,26,30)(H,27,32)(H,29,31)/t13-,14+,19+/m1/s1. The van der Waals surface area contributed by atoms with Crippen LogP contribution in [0.5, 0.6) is 5.75 Å². The fraction of sp³-hybridized carbons (Fsp3) is 0.542. The Kier molecular flexibility index (Phi) is 7.57. The van der Waals surface area contributed by atoms with E-state index in [1.54, 1.807) is 25.3 Å². The lowest BCUT2D eigenvalue weighted by molar-refractivity contribution is -0.126. The summed E-state index contributed by atoms with van der Waals surface area (Å²) < 4.78 is 5.24. The summed E-state index contributed by atoms with van der Waals surface area (Å²) in [7, 11) is 1.55. The molecule has 33 heavy (non-hydrogen) atoms. The number of benzene rings is 1. The number of hydrogen-bond donors (Lipinski definition) is 4. The monoisotopic (exact) mass is 476 g/mol. The average molecular weight is 477 g/mol. The van der Waals surface area contributed by atoms with Crippen LogP contribution in [0.1, 0.15) is 57.4 Å². The third-order valence-electron chi connectivity index (χ3n) is 5.76. The van der Waals surface area contributed by atoms with E-state index in [1.165, 1.54) is 0 Å². The molecule has 3 amide bonds. The van der Waals surface area contributed by atoms with Crippen LogP contribution in [0.15, 0.2) is 18.2 Å². The van der Waals surface area contributed by atoms with Gasteiger partial charge < -0.3 is 25.7 Å². The number of carbonyl (C=O) groups is 3. The van der Waals surface area contributed by atoms with Gasteiger partial charge in [-0.2, -0.15) is 0 Å². The van der Waals surface area contributed by atoms with Crippen LogP contribution in [-0.4, -0.2) is 48.4 Å². The number of hydrogen-bond acceptors (Lipinski definition) is 4. The molecule has 9 heteroatoms. The Balaban J connectivity index is 1.73. The van der Waals surface area contributed by atoms with Crippen molar-refractivity contribution in [3.63, 3.8) is 0 Å². The van der Waals surface area contributed by atoms with E-state index in [0.29, 0.717) is 41.4 Å². The van der Waals surface area contributed by atoms with E-state index < -0.39 is 11.9 Å². The maximum atomic E-state index is 13.1. The molecule has 0 bridgehead atoms. The van der Waals surface area contributed by atoms with Gasteiger partial charge in [-0.25, -0.2) is 0 Å². The summed E-state index contributed by atoms with van der Waals surface area (Å²) in [5.41, 5.74) is 0.742. The molecule has 1 fully saturated rings. The predicted octanol–water partition coefficient (Wildman–Crippen LogP) is 3.40. The van der Waals surface area contributed by atoms with Crippen LogP contribution < -0.4 is 20.7 Å². The Hall–Kier alpha value is -2.74. The fourth-order valence-corrected chi connectivity index (χ4v) is 4.43. The Labute approximate surface area is 199 Å². The first kappa shape index (κ1) is 24.9. The number of aromatic nitrogens is 1. The molecule has 8 nitrogen and oxygen atoms in total. The Bertz CT molecular complexity index is 1040. The van der Waals surface area contributed by atoms with Gasteiger partial charge in [0.15, 0.2) is 0 Å². The van der Waals surface area contributed by atoms with Crippen molar-refractivity contribution in [2.24, 2.45) is 11.3 Å². The van der Waals surface area contributed by atoms with Gasteiger partial charge in [-0.3, -0.25) is 14.4 Å². The fourth-order valence-electron chi connectivity index (χ4n) is 4.17. The van der Waals surface area contributed by atoms with Crippen LogP contribution >= 0.6 is 11.6 Å². The molecule has 0 aliphatic carbocycles. The third kappa shape index (κ3) is 6.41. The van der Waals surface area contributed by atoms with Gasteiger partial charge >= 0.3 is 0 Å². The van der Waals surface area contributed by atoms with E-state index in [0.717, 1.165) is 11.8 Å². The summed E-state index contributed by atoms with van der Waals surface area (Å²) in [5, 5.41) is 9.85. The van der Waals surface area contributed by atoms with Crippen molar-refractivity contribution < 1.29 is 19.1 Å². The van der Waals surface area contributed by atoms with E-state index in [2.05, 4.69) is 20.9 Å². The zero-order chi connectivity index (χ0) is 24.3. The number of carbonyl (C=O) groups excluding carboxylic acids is 3. The maximum absolute atomic E-state index is 13.1. The van der Waals surface area contributed by atoms with Crippen LogP contribution in [0, 0.1) is 11.3 Å². The van der Waals surface area contributed by atoms with Crippen molar-refractivity contribution in [3.8, 4) is 5.75 Å². The minimum absolute atomic E-state index is 0.0322. The van der Waals surface area contributed by atoms with Crippen molar-refractivity contribution in [1.82, 2.24) is 20.9 Å². The Morgan fingerprint density at radius 3 is 2.58 bits per heavy atom. The largest absolute Gasteiger partial charge is 0.497 e. The van der Waals surface area contributed by atoms with E-state index in [1.807, 2.05) is 27.7 Å². The minimum atomic E-state index is -0.728. The lowest BCUT2D eigenvalue weighted by Crippen LogP contribution is -2.51. The van der Waals surface area contributed by atoms with E-state index in [9.17, 15) is 14.4 Å². The summed E-state index contributed by atoms with van der Waals surface area (Å²) in [5.74, 6) is -0.129. The molecule has 1 aromatic carbocycles. The van der Waals surface area contributed by atoms with E-state index >= 15 is 0 Å². The average Bonchev–Trinajstić information content (AvgIpc) is 3.33. The number of amides is 3. The molecule has 1 aliphatic heterocycles. The normalized spacial score (nSPS) is 18.0. The first-order chi connectivity index (χ1) is 15.5. The van der Waals surface area contributed by atoms with Gasteiger partial charge in [-0.05, 0) is 43.7 Å². The summed E-state index contributed by atoms with van der Waals surface area (Å²) >= 11 is 6.30. The second-order valence-corrected chi connectivity index (χ2v) is 10.4. The minimum Gasteiger partial charge on any atom is -0.497 e. The summed E-state index contributed by atoms with van der Waals surface area (Å²) in [6, 6.07) is 4.23. The van der Waals surface area contributed by atoms with Crippen LogP contribution in [0.2, 0.25) is 5.02 Å². The van der Waals surface area contributed by atoms with Crippen molar-refractivity contribution >= 4 is 40.2 Å². The zero-order valence-corrected chi connectivity index (χ0v) is 20.6. The Morgan fingerprint density at radius 1 is 1.24 bits per heavy atom. The van der Waals surface area contributed by atoms with Gasteiger partial charge in [0.2, 0.25) is 11.8 Å². The number of methoxy groups -OCH3 is 1. The third-order valence-corrected chi connectivity index (χ3v) is 6.06. The van der Waals surface area contributed by atoms with Crippen LogP contribution in [0.3, 0.4) is 0 Å². The molecule has 2 heterocycles. The maximum Gasteiger partial charge on any atom is 0.268 e. The van der Waals surface area contributed by atoms with Crippen molar-refractivity contribution in [2.45, 2.75) is 59.0 Å². The first-order valence-electron chi connectivity index (χ1n) is 11.2. The van der Waals surface area contributed by atoms with Crippen molar-refractivity contribution in [2.75, 3.05) is 13.7 Å². The molecule has 0 saturated carbocycles. The molecular weight excluding hydrogens is 444 g/mol. The van der Waals surface area contributed by atoms with Gasteiger partial charge in [0.1, 0.15) is 17.5 Å². The highest BCUT2D eigenvalue weighted by Gasteiger charge is 2.30. The van der Waals surface area contributed by atoms with Gasteiger partial charge in [-0.1, -0.05) is 32.4 Å². The van der Waals surface area contributed by atoms with Crippen LogP contribution in [0.4, 0.5) is 0 Å². The molecule has 1 saturated heterocycles. The lowest BCUT2D eigenvalue weighted by Gasteiger charge is -2.27. The molecular formula is C24H33ClN4O4. The molecule has 1 aromatic heterocycles. The Morgan fingerprint density at radius 2 is 1.97 bits per heavy atom. The highest BCUT2D eigenvalue weighted by Crippen LogP contribution is 2.29. The predicted molar refractivity (Wildman–Crippen MR) is 129 cm³/mol. The van der Waals surface area contributed by atoms with Crippen LogP contribution in [0.25, 0.3) is 10.9 Å². The molecule has 4 N–H and O–H groups in total. The lowest BCUT2D eigenvalue weighted by atomic mass is 9.87. The van der Waals surface area contributed by atoms with Gasteiger partial charge in [-0.15, -0.1) is 0 Å². The number of ether oxygens (including phenoxy) is 1. The molecule has 0 unspecified atom stereocenters. The van der Waals surface area contributed by atoms with Crippen molar-refractivity contribution in [1.29, 1.82) is 0 Å². The number of halogens is 1. The highest BCUT2D eigenvalue weighted by molar-refractivity contribution is 6.35. The second-order valence-electron chi connectivity index (χ2n) is 9.97. The van der Waals surface area contributed by atoms with Gasteiger partial charge in [0, 0.05) is 30.0 Å². The number of H-pyrrole nitrogens is 1. The molecule has 3 atom stereocenters. The topological polar surface area (TPSA) is 112 Å².